The number of amides is 2. The van der Waals surface area contributed by atoms with E-state index >= 15 is 0 Å². The van der Waals surface area contributed by atoms with Crippen molar-refractivity contribution >= 4 is 23.4 Å². The summed E-state index contributed by atoms with van der Waals surface area (Å²) in [6, 6.07) is 4.43. The first-order valence-corrected chi connectivity index (χ1v) is 8.01. The predicted molar refractivity (Wildman–Crippen MR) is 93.0 cm³/mol. The van der Waals surface area contributed by atoms with E-state index in [4.69, 9.17) is 10.00 Å². The number of ether oxygens (including phenoxy) is 1. The van der Waals surface area contributed by atoms with Gasteiger partial charge in [0.15, 0.2) is 0 Å². The number of alkyl carbamates (subject to hydrolysis) is 1. The highest BCUT2D eigenvalue weighted by Gasteiger charge is 2.31. The van der Waals surface area contributed by atoms with Gasteiger partial charge in [0, 0.05) is 13.1 Å². The molecule has 0 bridgehead atoms. The van der Waals surface area contributed by atoms with E-state index in [1.165, 1.54) is 0 Å². The number of hydrogen-bond donors (Lipinski definition) is 3. The van der Waals surface area contributed by atoms with Crippen LogP contribution in [0.5, 0.6) is 0 Å². The van der Waals surface area contributed by atoms with E-state index in [1.807, 2.05) is 0 Å². The van der Waals surface area contributed by atoms with E-state index in [0.717, 1.165) is 18.2 Å². The lowest BCUT2D eigenvalue weighted by atomic mass is 10.1. The Morgan fingerprint density at radius 2 is 1.81 bits per heavy atom. The summed E-state index contributed by atoms with van der Waals surface area (Å²) < 4.78 is 43.7. The number of nitrogens with zero attached hydrogens (tertiary/aromatic N) is 1. The first kappa shape index (κ1) is 22.1. The number of nitriles is 1. The molecule has 0 spiro atoms. The molecule has 7 nitrogen and oxygen atoms in total. The Labute approximate surface area is 154 Å². The molecule has 2 amide bonds. The van der Waals surface area contributed by atoms with Crippen molar-refractivity contribution in [2.24, 2.45) is 0 Å². The number of carbonyl (C=O) groups is 2. The Hall–Kier alpha value is -2.96. The van der Waals surface area contributed by atoms with Gasteiger partial charge in [0.05, 0.1) is 23.0 Å². The van der Waals surface area contributed by atoms with Crippen molar-refractivity contribution in [3.05, 3.63) is 23.8 Å². The molecule has 0 saturated carbocycles. The SMILES string of the molecule is CC(C)(C)OC(=O)NCCNc1ccc(C(F)(F)F)cc1NC(=O)CC#N. The average Bonchev–Trinajstić information content (AvgIpc) is 2.50. The number of carbonyl (C=O) groups excluding carboxylic acids is 2. The van der Waals surface area contributed by atoms with Gasteiger partial charge in [-0.15, -0.1) is 0 Å². The first-order valence-electron chi connectivity index (χ1n) is 8.01. The van der Waals surface area contributed by atoms with Crippen LogP contribution in [0.15, 0.2) is 18.2 Å². The van der Waals surface area contributed by atoms with Gasteiger partial charge in [-0.2, -0.15) is 18.4 Å². The molecule has 1 rings (SSSR count). The van der Waals surface area contributed by atoms with E-state index in [2.05, 4.69) is 16.0 Å². The minimum atomic E-state index is -4.58. The van der Waals surface area contributed by atoms with Gasteiger partial charge in [-0.25, -0.2) is 4.79 Å². The highest BCUT2D eigenvalue weighted by Crippen LogP contribution is 2.34. The van der Waals surface area contributed by atoms with E-state index in [1.54, 1.807) is 26.8 Å². The van der Waals surface area contributed by atoms with Crippen molar-refractivity contribution in [1.82, 2.24) is 5.32 Å². The molecule has 0 heterocycles. The van der Waals surface area contributed by atoms with Crippen LogP contribution in [0, 0.1) is 11.3 Å². The van der Waals surface area contributed by atoms with Crippen molar-refractivity contribution < 1.29 is 27.5 Å². The number of anilines is 2. The molecule has 10 heteroatoms. The molecule has 0 unspecified atom stereocenters. The topological polar surface area (TPSA) is 103 Å². The molecular formula is C17H21F3N4O3. The van der Waals surface area contributed by atoms with Crippen LogP contribution >= 0.6 is 0 Å². The molecule has 148 valence electrons. The Morgan fingerprint density at radius 3 is 2.37 bits per heavy atom. The van der Waals surface area contributed by atoms with Gasteiger partial charge in [0.25, 0.3) is 0 Å². The molecule has 1 aromatic rings. The summed E-state index contributed by atoms with van der Waals surface area (Å²) >= 11 is 0. The molecule has 0 aliphatic carbocycles. The van der Waals surface area contributed by atoms with Crippen molar-refractivity contribution in [3.63, 3.8) is 0 Å². The standard InChI is InChI=1S/C17H21F3N4O3/c1-16(2,3)27-15(26)23-9-8-22-12-5-4-11(17(18,19)20)10-13(12)24-14(25)6-7-21/h4-5,10,22H,6,8-9H2,1-3H3,(H,23,26)(H,24,25). The molecule has 0 aliphatic heterocycles. The molecule has 1 aromatic carbocycles. The van der Waals surface area contributed by atoms with Gasteiger partial charge in [-0.1, -0.05) is 0 Å². The number of halogens is 3. The lowest BCUT2D eigenvalue weighted by Crippen LogP contribution is -2.35. The second-order valence-electron chi connectivity index (χ2n) is 6.50. The summed E-state index contributed by atoms with van der Waals surface area (Å²) in [5.74, 6) is -0.730. The van der Waals surface area contributed by atoms with Crippen LogP contribution in [0.3, 0.4) is 0 Å². The minimum Gasteiger partial charge on any atom is -0.444 e. The van der Waals surface area contributed by atoms with E-state index in [0.29, 0.717) is 0 Å². The van der Waals surface area contributed by atoms with Crippen molar-refractivity contribution in [1.29, 1.82) is 5.26 Å². The Balaban J connectivity index is 2.76. The fourth-order valence-electron chi connectivity index (χ4n) is 1.92. The zero-order chi connectivity index (χ0) is 20.7. The van der Waals surface area contributed by atoms with Gasteiger partial charge >= 0.3 is 12.3 Å². The zero-order valence-electron chi connectivity index (χ0n) is 15.2. The van der Waals surface area contributed by atoms with Crippen LogP contribution in [0.1, 0.15) is 32.8 Å². The third-order valence-electron chi connectivity index (χ3n) is 2.97. The smallest absolute Gasteiger partial charge is 0.416 e. The highest BCUT2D eigenvalue weighted by molar-refractivity contribution is 5.95. The largest absolute Gasteiger partial charge is 0.444 e. The summed E-state index contributed by atoms with van der Waals surface area (Å²) in [5, 5.41) is 16.1. The third kappa shape index (κ3) is 8.31. The lowest BCUT2D eigenvalue weighted by Gasteiger charge is -2.20. The second kappa shape index (κ2) is 9.12. The number of alkyl halides is 3. The van der Waals surface area contributed by atoms with Crippen LogP contribution in [0.2, 0.25) is 0 Å². The number of hydrogen-bond acceptors (Lipinski definition) is 5. The van der Waals surface area contributed by atoms with Crippen LogP contribution in [0.4, 0.5) is 29.3 Å². The van der Waals surface area contributed by atoms with Crippen LogP contribution in [0.25, 0.3) is 0 Å². The number of rotatable bonds is 6. The normalized spacial score (nSPS) is 11.3. The fourth-order valence-corrected chi connectivity index (χ4v) is 1.92. The van der Waals surface area contributed by atoms with E-state index in [9.17, 15) is 22.8 Å². The van der Waals surface area contributed by atoms with Crippen molar-refractivity contribution in [2.45, 2.75) is 39.0 Å². The summed E-state index contributed by atoms with van der Waals surface area (Å²) in [6.45, 7) is 5.45. The summed E-state index contributed by atoms with van der Waals surface area (Å²) in [7, 11) is 0. The molecule has 0 aliphatic rings. The van der Waals surface area contributed by atoms with Gasteiger partial charge < -0.3 is 20.7 Å². The maximum atomic E-state index is 12.9. The average molecular weight is 386 g/mol. The zero-order valence-corrected chi connectivity index (χ0v) is 15.2. The molecule has 0 aromatic heterocycles. The van der Waals surface area contributed by atoms with Gasteiger partial charge in [0.1, 0.15) is 12.0 Å². The Morgan fingerprint density at radius 1 is 1.15 bits per heavy atom. The van der Waals surface area contributed by atoms with Gasteiger partial charge in [0.2, 0.25) is 5.91 Å². The van der Waals surface area contributed by atoms with Crippen LogP contribution in [-0.2, 0) is 15.7 Å². The Kier molecular flexibility index (Phi) is 7.45. The molecule has 0 fully saturated rings. The second-order valence-corrected chi connectivity index (χ2v) is 6.50. The third-order valence-corrected chi connectivity index (χ3v) is 2.97. The number of benzene rings is 1. The summed E-state index contributed by atoms with van der Waals surface area (Å²) in [4.78, 5) is 23.1. The molecule has 3 N–H and O–H groups in total. The summed E-state index contributed by atoms with van der Waals surface area (Å²) in [6.07, 6.45) is -5.69. The monoisotopic (exact) mass is 386 g/mol. The molecule has 0 atom stereocenters. The first-order chi connectivity index (χ1) is 12.4. The van der Waals surface area contributed by atoms with Gasteiger partial charge in [-0.3, -0.25) is 4.79 Å². The molecule has 0 radical (unpaired) electrons. The number of nitrogens with one attached hydrogen (secondary N) is 3. The van der Waals surface area contributed by atoms with E-state index < -0.39 is 35.8 Å². The highest BCUT2D eigenvalue weighted by atomic mass is 19.4. The maximum Gasteiger partial charge on any atom is 0.416 e. The van der Waals surface area contributed by atoms with Crippen molar-refractivity contribution in [2.75, 3.05) is 23.7 Å². The minimum absolute atomic E-state index is 0.109. The van der Waals surface area contributed by atoms with Gasteiger partial charge in [-0.05, 0) is 39.0 Å². The summed E-state index contributed by atoms with van der Waals surface area (Å²) in [5.41, 5.74) is -1.47. The molecule has 27 heavy (non-hydrogen) atoms. The van der Waals surface area contributed by atoms with Crippen LogP contribution < -0.4 is 16.0 Å². The quantitative estimate of drug-likeness (QED) is 0.650. The lowest BCUT2D eigenvalue weighted by molar-refractivity contribution is -0.137. The maximum absolute atomic E-state index is 12.9. The van der Waals surface area contributed by atoms with Crippen LogP contribution in [-0.4, -0.2) is 30.7 Å². The predicted octanol–water partition coefficient (Wildman–Crippen LogP) is 3.49. The van der Waals surface area contributed by atoms with Crippen molar-refractivity contribution in [3.8, 4) is 6.07 Å². The fraction of sp³-hybridized carbons (Fsp3) is 0.471. The van der Waals surface area contributed by atoms with E-state index in [-0.39, 0.29) is 24.5 Å². The Bertz CT molecular complexity index is 722. The molecular weight excluding hydrogens is 365 g/mol. The molecule has 0 saturated heterocycles.